The monoisotopic (exact) mass is 452 g/mol. The molecule has 0 atom stereocenters. The Morgan fingerprint density at radius 1 is 0.647 bits per heavy atom. The predicted molar refractivity (Wildman–Crippen MR) is 133 cm³/mol. The standard InChI is InChI=1S/C28H24N2O4/c1-33-27(31)23-17-26(30-22-15-9-4-10-16-22)24(18-25(23)29-21-13-7-3-8-14-21)28(32)34-19-20-11-5-2-6-12-20/h2-18,29-30H,19H2,1H3. The molecule has 4 aromatic rings. The van der Waals surface area contributed by atoms with Crippen LogP contribution in [0.2, 0.25) is 0 Å². The number of para-hydroxylation sites is 2. The molecule has 0 bridgehead atoms. The Balaban J connectivity index is 1.74. The van der Waals surface area contributed by atoms with Gasteiger partial charge in [0, 0.05) is 11.4 Å². The highest BCUT2D eigenvalue weighted by molar-refractivity contribution is 6.04. The summed E-state index contributed by atoms with van der Waals surface area (Å²) in [5.41, 5.74) is 3.84. The number of hydrogen-bond donors (Lipinski definition) is 2. The van der Waals surface area contributed by atoms with E-state index in [1.54, 1.807) is 12.1 Å². The number of anilines is 4. The summed E-state index contributed by atoms with van der Waals surface area (Å²) in [7, 11) is 1.32. The topological polar surface area (TPSA) is 76.7 Å². The normalized spacial score (nSPS) is 10.3. The molecule has 4 aromatic carbocycles. The highest BCUT2D eigenvalue weighted by Crippen LogP contribution is 2.31. The molecule has 0 saturated heterocycles. The van der Waals surface area contributed by atoms with Crippen LogP contribution in [0.3, 0.4) is 0 Å². The fourth-order valence-electron chi connectivity index (χ4n) is 3.41. The van der Waals surface area contributed by atoms with Gasteiger partial charge in [0.1, 0.15) is 6.61 Å². The lowest BCUT2D eigenvalue weighted by molar-refractivity contribution is 0.0472. The van der Waals surface area contributed by atoms with Crippen molar-refractivity contribution in [1.82, 2.24) is 0 Å². The summed E-state index contributed by atoms with van der Waals surface area (Å²) in [6.07, 6.45) is 0. The highest BCUT2D eigenvalue weighted by Gasteiger charge is 2.21. The van der Waals surface area contributed by atoms with Gasteiger partial charge in [-0.2, -0.15) is 0 Å². The molecule has 0 unspecified atom stereocenters. The largest absolute Gasteiger partial charge is 0.465 e. The average molecular weight is 453 g/mol. The van der Waals surface area contributed by atoms with E-state index in [-0.39, 0.29) is 17.7 Å². The predicted octanol–water partition coefficient (Wildman–Crippen LogP) is 6.32. The third-order valence-corrected chi connectivity index (χ3v) is 5.10. The fourth-order valence-corrected chi connectivity index (χ4v) is 3.41. The van der Waals surface area contributed by atoms with Crippen molar-refractivity contribution in [2.75, 3.05) is 17.7 Å². The zero-order chi connectivity index (χ0) is 23.8. The third-order valence-electron chi connectivity index (χ3n) is 5.10. The number of methoxy groups -OCH3 is 1. The van der Waals surface area contributed by atoms with Crippen molar-refractivity contribution in [2.45, 2.75) is 6.61 Å². The van der Waals surface area contributed by atoms with Crippen molar-refractivity contribution in [3.05, 3.63) is 120 Å². The van der Waals surface area contributed by atoms with E-state index in [9.17, 15) is 9.59 Å². The molecule has 6 heteroatoms. The van der Waals surface area contributed by atoms with Gasteiger partial charge in [0.25, 0.3) is 0 Å². The number of carbonyl (C=O) groups excluding carboxylic acids is 2. The molecular weight excluding hydrogens is 428 g/mol. The van der Waals surface area contributed by atoms with Crippen LogP contribution in [0, 0.1) is 0 Å². The Morgan fingerprint density at radius 2 is 1.09 bits per heavy atom. The third kappa shape index (κ3) is 5.61. The van der Waals surface area contributed by atoms with Crippen molar-refractivity contribution >= 4 is 34.7 Å². The molecule has 4 rings (SSSR count). The van der Waals surface area contributed by atoms with Gasteiger partial charge in [0.2, 0.25) is 0 Å². The van der Waals surface area contributed by atoms with Crippen LogP contribution in [-0.4, -0.2) is 19.0 Å². The first-order valence-corrected chi connectivity index (χ1v) is 10.8. The quantitative estimate of drug-likeness (QED) is 0.305. The van der Waals surface area contributed by atoms with Gasteiger partial charge < -0.3 is 20.1 Å². The molecule has 0 amide bonds. The molecule has 0 spiro atoms. The summed E-state index contributed by atoms with van der Waals surface area (Å²) in [6.45, 7) is 0.130. The number of esters is 2. The molecule has 0 aliphatic carbocycles. The number of carbonyl (C=O) groups is 2. The Morgan fingerprint density at radius 3 is 1.56 bits per heavy atom. The van der Waals surface area contributed by atoms with Gasteiger partial charge in [0.15, 0.2) is 0 Å². The van der Waals surface area contributed by atoms with E-state index >= 15 is 0 Å². The lowest BCUT2D eigenvalue weighted by atomic mass is 10.0. The summed E-state index contributed by atoms with van der Waals surface area (Å²) >= 11 is 0. The smallest absolute Gasteiger partial charge is 0.340 e. The van der Waals surface area contributed by atoms with Gasteiger partial charge in [0.05, 0.1) is 29.6 Å². The summed E-state index contributed by atoms with van der Waals surface area (Å²) in [4.78, 5) is 25.8. The minimum atomic E-state index is -0.529. The van der Waals surface area contributed by atoms with Crippen LogP contribution >= 0.6 is 0 Å². The van der Waals surface area contributed by atoms with Gasteiger partial charge in [-0.1, -0.05) is 66.7 Å². The van der Waals surface area contributed by atoms with E-state index in [1.165, 1.54) is 7.11 Å². The Labute approximate surface area is 198 Å². The van der Waals surface area contributed by atoms with Crippen LogP contribution in [0.4, 0.5) is 22.7 Å². The maximum atomic E-state index is 13.2. The minimum absolute atomic E-state index is 0.130. The van der Waals surface area contributed by atoms with Gasteiger partial charge in [-0.3, -0.25) is 0 Å². The number of nitrogens with one attached hydrogen (secondary N) is 2. The van der Waals surface area contributed by atoms with E-state index in [1.807, 2.05) is 91.0 Å². The van der Waals surface area contributed by atoms with Crippen LogP contribution in [0.15, 0.2) is 103 Å². The van der Waals surface area contributed by atoms with E-state index in [0.717, 1.165) is 16.9 Å². The zero-order valence-electron chi connectivity index (χ0n) is 18.7. The minimum Gasteiger partial charge on any atom is -0.465 e. The van der Waals surface area contributed by atoms with Crippen LogP contribution < -0.4 is 10.6 Å². The summed E-state index contributed by atoms with van der Waals surface area (Å²) in [5, 5.41) is 6.44. The molecule has 0 radical (unpaired) electrons. The van der Waals surface area contributed by atoms with E-state index < -0.39 is 11.9 Å². The lowest BCUT2D eigenvalue weighted by Gasteiger charge is -2.17. The Hall–Kier alpha value is -4.58. The van der Waals surface area contributed by atoms with Crippen LogP contribution in [-0.2, 0) is 16.1 Å². The number of rotatable bonds is 8. The summed E-state index contributed by atoms with van der Waals surface area (Å²) in [5.74, 6) is -1.05. The average Bonchev–Trinajstić information content (AvgIpc) is 2.89. The molecule has 34 heavy (non-hydrogen) atoms. The van der Waals surface area contributed by atoms with Crippen molar-refractivity contribution < 1.29 is 19.1 Å². The number of benzene rings is 4. The number of ether oxygens (including phenoxy) is 2. The SMILES string of the molecule is COC(=O)c1cc(Nc2ccccc2)c(C(=O)OCc2ccccc2)cc1Nc1ccccc1. The maximum absolute atomic E-state index is 13.2. The maximum Gasteiger partial charge on any atom is 0.340 e. The van der Waals surface area contributed by atoms with Crippen LogP contribution in [0.25, 0.3) is 0 Å². The van der Waals surface area contributed by atoms with E-state index in [2.05, 4.69) is 10.6 Å². The first kappa shape index (κ1) is 22.6. The Kier molecular flexibility index (Phi) is 7.20. The van der Waals surface area contributed by atoms with Gasteiger partial charge in [-0.25, -0.2) is 9.59 Å². The number of hydrogen-bond acceptors (Lipinski definition) is 6. The van der Waals surface area contributed by atoms with Crippen molar-refractivity contribution in [3.63, 3.8) is 0 Å². The zero-order valence-corrected chi connectivity index (χ0v) is 18.7. The van der Waals surface area contributed by atoms with Crippen molar-refractivity contribution in [1.29, 1.82) is 0 Å². The van der Waals surface area contributed by atoms with Crippen molar-refractivity contribution in [2.24, 2.45) is 0 Å². The first-order valence-electron chi connectivity index (χ1n) is 10.8. The molecular formula is C28H24N2O4. The van der Waals surface area contributed by atoms with E-state index in [0.29, 0.717) is 11.4 Å². The molecule has 6 nitrogen and oxygen atoms in total. The summed E-state index contributed by atoms with van der Waals surface area (Å²) in [6, 6.07) is 31.4. The second kappa shape index (κ2) is 10.8. The molecule has 0 aliphatic rings. The van der Waals surface area contributed by atoms with Gasteiger partial charge >= 0.3 is 11.9 Å². The fraction of sp³-hybridized carbons (Fsp3) is 0.0714. The molecule has 0 heterocycles. The highest BCUT2D eigenvalue weighted by atomic mass is 16.5. The first-order chi connectivity index (χ1) is 16.6. The lowest BCUT2D eigenvalue weighted by Crippen LogP contribution is -2.13. The molecule has 0 saturated carbocycles. The van der Waals surface area contributed by atoms with Crippen molar-refractivity contribution in [3.8, 4) is 0 Å². The van der Waals surface area contributed by atoms with Crippen LogP contribution in [0.1, 0.15) is 26.3 Å². The Bertz CT molecular complexity index is 1260. The second-order valence-corrected chi connectivity index (χ2v) is 7.48. The van der Waals surface area contributed by atoms with E-state index in [4.69, 9.17) is 9.47 Å². The molecule has 0 aromatic heterocycles. The van der Waals surface area contributed by atoms with Gasteiger partial charge in [-0.15, -0.1) is 0 Å². The molecule has 2 N–H and O–H groups in total. The van der Waals surface area contributed by atoms with Crippen LogP contribution in [0.5, 0.6) is 0 Å². The molecule has 170 valence electrons. The van der Waals surface area contributed by atoms with Gasteiger partial charge in [-0.05, 0) is 42.0 Å². The second-order valence-electron chi connectivity index (χ2n) is 7.48. The molecule has 0 fully saturated rings. The molecule has 0 aliphatic heterocycles. The summed E-state index contributed by atoms with van der Waals surface area (Å²) < 4.78 is 10.6.